The van der Waals surface area contributed by atoms with Gasteiger partial charge in [0.15, 0.2) is 0 Å². The van der Waals surface area contributed by atoms with E-state index >= 15 is 0 Å². The molecule has 0 saturated carbocycles. The van der Waals surface area contributed by atoms with Crippen LogP contribution in [0.5, 0.6) is 0 Å². The molecule has 0 saturated heterocycles. The Morgan fingerprint density at radius 3 is 2.82 bits per heavy atom. The molecule has 2 rings (SSSR count). The van der Waals surface area contributed by atoms with Gasteiger partial charge in [-0.1, -0.05) is 12.1 Å². The van der Waals surface area contributed by atoms with Crippen molar-refractivity contribution in [2.24, 2.45) is 5.10 Å². The van der Waals surface area contributed by atoms with E-state index in [4.69, 9.17) is 0 Å². The maximum Gasteiger partial charge on any atom is 0.278 e. The number of nitrogens with one attached hydrogen (secondary N) is 1. The number of hydrogen-bond donors (Lipinski definition) is 1. The maximum atomic E-state index is 11.8. The number of aromatic nitrogens is 1. The molecular weight excluding hydrogens is 304 g/mol. The molecule has 1 aromatic heterocycles. The van der Waals surface area contributed by atoms with E-state index in [-0.39, 0.29) is 18.0 Å². The standard InChI is InChI=1S/C14H14N4O3S/c1-9-8-22-14(15-9)7-13(19)17-16-10(2)11-5-3-4-6-12(11)18(20)21/h3-6,8H,7H2,1-2H3,(H,17,19)/b16-10-. The first-order valence-corrected chi connectivity index (χ1v) is 7.33. The highest BCUT2D eigenvalue weighted by Gasteiger charge is 2.15. The molecule has 8 heteroatoms. The highest BCUT2D eigenvalue weighted by atomic mass is 32.1. The van der Waals surface area contributed by atoms with Crippen molar-refractivity contribution in [1.29, 1.82) is 0 Å². The number of aryl methyl sites for hydroxylation is 1. The van der Waals surface area contributed by atoms with Gasteiger partial charge in [0.05, 0.1) is 22.6 Å². The molecule has 1 aromatic carbocycles. The number of hydrogen-bond acceptors (Lipinski definition) is 6. The fourth-order valence-corrected chi connectivity index (χ4v) is 2.58. The van der Waals surface area contributed by atoms with E-state index in [9.17, 15) is 14.9 Å². The number of hydrazone groups is 1. The highest BCUT2D eigenvalue weighted by molar-refractivity contribution is 7.09. The maximum absolute atomic E-state index is 11.8. The third-order valence-electron chi connectivity index (χ3n) is 2.82. The molecule has 0 aliphatic carbocycles. The number of para-hydroxylation sites is 1. The Morgan fingerprint density at radius 2 is 2.18 bits per heavy atom. The van der Waals surface area contributed by atoms with Gasteiger partial charge in [-0.2, -0.15) is 5.10 Å². The molecule has 0 atom stereocenters. The Balaban J connectivity index is 2.06. The summed E-state index contributed by atoms with van der Waals surface area (Å²) in [5, 5.41) is 17.5. The highest BCUT2D eigenvalue weighted by Crippen LogP contribution is 2.18. The minimum Gasteiger partial charge on any atom is -0.273 e. The first-order chi connectivity index (χ1) is 10.5. The van der Waals surface area contributed by atoms with Crippen LogP contribution in [0.1, 0.15) is 23.2 Å². The van der Waals surface area contributed by atoms with Crippen LogP contribution in [0, 0.1) is 17.0 Å². The van der Waals surface area contributed by atoms with E-state index in [0.717, 1.165) is 5.69 Å². The molecule has 1 heterocycles. The molecule has 7 nitrogen and oxygen atoms in total. The monoisotopic (exact) mass is 318 g/mol. The summed E-state index contributed by atoms with van der Waals surface area (Å²) < 4.78 is 0. The van der Waals surface area contributed by atoms with Crippen molar-refractivity contribution in [3.8, 4) is 0 Å². The van der Waals surface area contributed by atoms with Gasteiger partial charge in [-0.3, -0.25) is 14.9 Å². The van der Waals surface area contributed by atoms with Crippen molar-refractivity contribution in [1.82, 2.24) is 10.4 Å². The lowest BCUT2D eigenvalue weighted by atomic mass is 10.1. The normalized spacial score (nSPS) is 11.3. The van der Waals surface area contributed by atoms with Gasteiger partial charge in [0, 0.05) is 17.1 Å². The van der Waals surface area contributed by atoms with E-state index in [2.05, 4.69) is 15.5 Å². The second kappa shape index (κ2) is 6.90. The number of benzene rings is 1. The summed E-state index contributed by atoms with van der Waals surface area (Å²) in [5.74, 6) is -0.313. The molecule has 2 aromatic rings. The smallest absolute Gasteiger partial charge is 0.273 e. The summed E-state index contributed by atoms with van der Waals surface area (Å²) in [6.45, 7) is 3.46. The number of thiazole rings is 1. The number of rotatable bonds is 5. The van der Waals surface area contributed by atoms with Crippen LogP contribution in [-0.4, -0.2) is 21.5 Å². The Labute approximate surface area is 130 Å². The summed E-state index contributed by atoms with van der Waals surface area (Å²) in [7, 11) is 0. The summed E-state index contributed by atoms with van der Waals surface area (Å²) >= 11 is 1.41. The first kappa shape index (κ1) is 15.8. The second-order valence-corrected chi connectivity index (χ2v) is 5.51. The summed E-state index contributed by atoms with van der Waals surface area (Å²) in [4.78, 5) is 26.5. The molecule has 0 bridgehead atoms. The molecular formula is C14H14N4O3S. The minimum atomic E-state index is -0.478. The zero-order chi connectivity index (χ0) is 16.1. The fraction of sp³-hybridized carbons (Fsp3) is 0.214. The Morgan fingerprint density at radius 1 is 1.45 bits per heavy atom. The number of amides is 1. The van der Waals surface area contributed by atoms with Gasteiger partial charge in [0.2, 0.25) is 5.91 Å². The van der Waals surface area contributed by atoms with Gasteiger partial charge in [-0.15, -0.1) is 11.3 Å². The lowest BCUT2D eigenvalue weighted by Crippen LogP contribution is -2.21. The third-order valence-corrected chi connectivity index (χ3v) is 3.78. The predicted octanol–water partition coefficient (Wildman–Crippen LogP) is 2.44. The first-order valence-electron chi connectivity index (χ1n) is 6.45. The molecule has 0 aliphatic rings. The number of nitro benzene ring substituents is 1. The second-order valence-electron chi connectivity index (χ2n) is 4.57. The van der Waals surface area contributed by atoms with E-state index in [1.807, 2.05) is 12.3 Å². The number of nitrogens with zero attached hydrogens (tertiary/aromatic N) is 3. The minimum absolute atomic E-state index is 0.0476. The molecule has 0 radical (unpaired) electrons. The van der Waals surface area contributed by atoms with E-state index in [0.29, 0.717) is 16.3 Å². The van der Waals surface area contributed by atoms with Crippen molar-refractivity contribution in [3.63, 3.8) is 0 Å². The molecule has 114 valence electrons. The van der Waals surface area contributed by atoms with E-state index < -0.39 is 4.92 Å². The largest absolute Gasteiger partial charge is 0.278 e. The van der Waals surface area contributed by atoms with Crippen molar-refractivity contribution in [2.45, 2.75) is 20.3 Å². The molecule has 0 aliphatic heterocycles. The average Bonchev–Trinajstić information content (AvgIpc) is 2.89. The van der Waals surface area contributed by atoms with Crippen LogP contribution >= 0.6 is 11.3 Å². The van der Waals surface area contributed by atoms with Crippen molar-refractivity contribution < 1.29 is 9.72 Å². The number of carbonyl (C=O) groups is 1. The van der Waals surface area contributed by atoms with E-state index in [1.165, 1.54) is 17.4 Å². The molecule has 22 heavy (non-hydrogen) atoms. The van der Waals surface area contributed by atoms with Crippen LogP contribution in [0.3, 0.4) is 0 Å². The van der Waals surface area contributed by atoms with Gasteiger partial charge < -0.3 is 0 Å². The topological polar surface area (TPSA) is 97.5 Å². The van der Waals surface area contributed by atoms with Gasteiger partial charge in [0.25, 0.3) is 5.69 Å². The van der Waals surface area contributed by atoms with Crippen LogP contribution in [0.15, 0.2) is 34.7 Å². The Kier molecular flexibility index (Phi) is 4.95. The van der Waals surface area contributed by atoms with Gasteiger partial charge >= 0.3 is 0 Å². The van der Waals surface area contributed by atoms with Crippen molar-refractivity contribution in [3.05, 3.63) is 56.0 Å². The molecule has 0 fully saturated rings. The van der Waals surface area contributed by atoms with Gasteiger partial charge in [-0.05, 0) is 19.9 Å². The fourth-order valence-electron chi connectivity index (χ4n) is 1.81. The van der Waals surface area contributed by atoms with Crippen LogP contribution in [0.4, 0.5) is 5.69 Å². The van der Waals surface area contributed by atoms with Crippen LogP contribution in [0.25, 0.3) is 0 Å². The zero-order valence-corrected chi connectivity index (χ0v) is 12.9. The lowest BCUT2D eigenvalue weighted by molar-refractivity contribution is -0.385. The van der Waals surface area contributed by atoms with Gasteiger partial charge in [0.1, 0.15) is 5.01 Å². The van der Waals surface area contributed by atoms with E-state index in [1.54, 1.807) is 25.1 Å². The van der Waals surface area contributed by atoms with Crippen molar-refractivity contribution >= 4 is 28.6 Å². The lowest BCUT2D eigenvalue weighted by Gasteiger charge is -2.03. The summed E-state index contributed by atoms with van der Waals surface area (Å²) in [6, 6.07) is 6.25. The molecule has 0 spiro atoms. The average molecular weight is 318 g/mol. The Hall–Kier alpha value is -2.61. The molecule has 0 unspecified atom stereocenters. The quantitative estimate of drug-likeness (QED) is 0.520. The van der Waals surface area contributed by atoms with Gasteiger partial charge in [-0.25, -0.2) is 10.4 Å². The van der Waals surface area contributed by atoms with Crippen LogP contribution in [0.2, 0.25) is 0 Å². The van der Waals surface area contributed by atoms with Crippen LogP contribution in [-0.2, 0) is 11.2 Å². The third kappa shape index (κ3) is 3.95. The Bertz CT molecular complexity index is 739. The van der Waals surface area contributed by atoms with Crippen LogP contribution < -0.4 is 5.43 Å². The SMILES string of the molecule is C/C(=N/NC(=O)Cc1nc(C)cs1)c1ccccc1[N+](=O)[O-]. The molecule has 1 amide bonds. The summed E-state index contributed by atoms with van der Waals surface area (Å²) in [5.41, 5.74) is 3.96. The molecule has 1 N–H and O–H groups in total. The predicted molar refractivity (Wildman–Crippen MR) is 84.0 cm³/mol. The summed E-state index contributed by atoms with van der Waals surface area (Å²) in [6.07, 6.45) is 0.131. The zero-order valence-electron chi connectivity index (χ0n) is 12.1. The van der Waals surface area contributed by atoms with Crippen molar-refractivity contribution in [2.75, 3.05) is 0 Å². The number of nitro groups is 1. The number of carbonyl (C=O) groups excluding carboxylic acids is 1.